The zero-order valence-electron chi connectivity index (χ0n) is 15.1. The van der Waals surface area contributed by atoms with Gasteiger partial charge in [-0.2, -0.15) is 0 Å². The quantitative estimate of drug-likeness (QED) is 0.625. The van der Waals surface area contributed by atoms with Gasteiger partial charge in [0.15, 0.2) is 0 Å². The highest BCUT2D eigenvalue weighted by Crippen LogP contribution is 2.22. The number of nitrogens with zero attached hydrogens (tertiary/aromatic N) is 1. The molecule has 2 rings (SSSR count). The molecule has 0 bridgehead atoms. The van der Waals surface area contributed by atoms with Crippen molar-refractivity contribution in [1.82, 2.24) is 4.90 Å². The molecule has 0 spiro atoms. The van der Waals surface area contributed by atoms with Crippen molar-refractivity contribution in [3.8, 4) is 5.75 Å². The van der Waals surface area contributed by atoms with E-state index in [9.17, 15) is 4.79 Å². The molecule has 26 heavy (non-hydrogen) atoms. The Kier molecular flexibility index (Phi) is 10.9. The van der Waals surface area contributed by atoms with Crippen molar-refractivity contribution in [3.63, 3.8) is 0 Å². The molecule has 0 heterocycles. The third-order valence-electron chi connectivity index (χ3n) is 3.91. The van der Waals surface area contributed by atoms with Gasteiger partial charge >= 0.3 is 0 Å². The maximum absolute atomic E-state index is 12.5. The first kappa shape index (κ1) is 22.4. The van der Waals surface area contributed by atoms with Crippen LogP contribution in [-0.2, 0) is 11.2 Å². The largest absolute Gasteiger partial charge is 0.497 e. The van der Waals surface area contributed by atoms with E-state index in [0.29, 0.717) is 26.1 Å². The normalized spacial score (nSPS) is 10.1. The second-order valence-electron chi connectivity index (χ2n) is 5.68. The molecule has 0 aliphatic heterocycles. The monoisotopic (exact) mass is 394 g/mol. The topological polar surface area (TPSA) is 55.6 Å². The molecule has 0 aliphatic carbocycles. The van der Waals surface area contributed by atoms with Crippen LogP contribution in [0.2, 0.25) is 0 Å². The summed E-state index contributed by atoms with van der Waals surface area (Å²) in [4.78, 5) is 15.5. The van der Waals surface area contributed by atoms with Gasteiger partial charge < -0.3 is 15.4 Å². The standard InChI is InChI=1S/C20H26N2O2S.ClH/c1-24-18-7-9-19(10-8-18)25-16-12-20(23)22(15-13-21)14-11-17-5-3-2-4-6-17;/h2-10H,11-16,21H2,1H3;1H. The number of carbonyl (C=O) groups excluding carboxylic acids is 1. The molecule has 0 aromatic heterocycles. The van der Waals surface area contributed by atoms with E-state index in [1.165, 1.54) is 5.56 Å². The van der Waals surface area contributed by atoms with Gasteiger partial charge in [-0.1, -0.05) is 30.3 Å². The number of rotatable bonds is 10. The number of methoxy groups -OCH3 is 1. The van der Waals surface area contributed by atoms with E-state index < -0.39 is 0 Å². The van der Waals surface area contributed by atoms with Crippen molar-refractivity contribution < 1.29 is 9.53 Å². The Morgan fingerprint density at radius 3 is 2.38 bits per heavy atom. The average molecular weight is 395 g/mol. The van der Waals surface area contributed by atoms with E-state index in [-0.39, 0.29) is 18.3 Å². The maximum atomic E-state index is 12.5. The Labute approximate surface area is 166 Å². The Morgan fingerprint density at radius 1 is 1.08 bits per heavy atom. The minimum absolute atomic E-state index is 0. The minimum atomic E-state index is 0. The van der Waals surface area contributed by atoms with Crippen molar-refractivity contribution in [2.45, 2.75) is 17.7 Å². The highest BCUT2D eigenvalue weighted by molar-refractivity contribution is 7.99. The SMILES string of the molecule is COc1ccc(SCCC(=O)N(CCN)CCc2ccccc2)cc1.Cl. The lowest BCUT2D eigenvalue weighted by atomic mass is 10.1. The Hall–Kier alpha value is -1.69. The number of thioether (sulfide) groups is 1. The average Bonchev–Trinajstić information content (AvgIpc) is 2.66. The lowest BCUT2D eigenvalue weighted by Crippen LogP contribution is -2.37. The van der Waals surface area contributed by atoms with Crippen molar-refractivity contribution in [1.29, 1.82) is 0 Å². The molecule has 2 aromatic rings. The predicted molar refractivity (Wildman–Crippen MR) is 111 cm³/mol. The smallest absolute Gasteiger partial charge is 0.223 e. The van der Waals surface area contributed by atoms with Crippen LogP contribution in [0, 0.1) is 0 Å². The first-order valence-corrected chi connectivity index (χ1v) is 9.50. The molecule has 142 valence electrons. The highest BCUT2D eigenvalue weighted by atomic mass is 35.5. The number of nitrogens with two attached hydrogens (primary N) is 1. The molecule has 0 aliphatic rings. The zero-order chi connectivity index (χ0) is 17.9. The first-order valence-electron chi connectivity index (χ1n) is 8.51. The Balaban J connectivity index is 0.00000338. The van der Waals surface area contributed by atoms with Crippen LogP contribution < -0.4 is 10.5 Å². The van der Waals surface area contributed by atoms with E-state index in [2.05, 4.69) is 12.1 Å². The van der Waals surface area contributed by atoms with Gasteiger partial charge in [0.25, 0.3) is 0 Å². The summed E-state index contributed by atoms with van der Waals surface area (Å²) in [5.41, 5.74) is 6.91. The van der Waals surface area contributed by atoms with Crippen molar-refractivity contribution in [2.75, 3.05) is 32.5 Å². The van der Waals surface area contributed by atoms with Gasteiger partial charge in [-0.25, -0.2) is 0 Å². The molecule has 6 heteroatoms. The molecule has 2 N–H and O–H groups in total. The lowest BCUT2D eigenvalue weighted by molar-refractivity contribution is -0.130. The van der Waals surface area contributed by atoms with Crippen LogP contribution in [0.25, 0.3) is 0 Å². The molecule has 0 saturated heterocycles. The number of hydrogen-bond donors (Lipinski definition) is 1. The molecule has 0 saturated carbocycles. The van der Waals surface area contributed by atoms with Gasteiger partial charge in [0.05, 0.1) is 7.11 Å². The minimum Gasteiger partial charge on any atom is -0.497 e. The summed E-state index contributed by atoms with van der Waals surface area (Å²) in [6.45, 7) is 1.82. The van der Waals surface area contributed by atoms with Gasteiger partial charge in [-0.3, -0.25) is 4.79 Å². The number of halogens is 1. The fraction of sp³-hybridized carbons (Fsp3) is 0.350. The third kappa shape index (κ3) is 7.68. The van der Waals surface area contributed by atoms with Crippen LogP contribution in [0.3, 0.4) is 0 Å². The molecule has 0 radical (unpaired) electrons. The van der Waals surface area contributed by atoms with Crippen molar-refractivity contribution in [3.05, 3.63) is 60.2 Å². The Bertz CT molecular complexity index is 638. The molecule has 0 unspecified atom stereocenters. The van der Waals surface area contributed by atoms with E-state index in [1.54, 1.807) is 18.9 Å². The molecule has 2 aromatic carbocycles. The van der Waals surface area contributed by atoms with Crippen LogP contribution >= 0.6 is 24.2 Å². The molecule has 0 atom stereocenters. The number of amides is 1. The van der Waals surface area contributed by atoms with Crippen LogP contribution in [0.5, 0.6) is 5.75 Å². The predicted octanol–water partition coefficient (Wildman–Crippen LogP) is 3.63. The van der Waals surface area contributed by atoms with Crippen molar-refractivity contribution in [2.24, 2.45) is 5.73 Å². The fourth-order valence-corrected chi connectivity index (χ4v) is 3.35. The molecular formula is C20H27ClN2O2S. The van der Waals surface area contributed by atoms with E-state index in [4.69, 9.17) is 10.5 Å². The van der Waals surface area contributed by atoms with Gasteiger partial charge in [0.2, 0.25) is 5.91 Å². The number of carbonyl (C=O) groups is 1. The van der Waals surface area contributed by atoms with Gasteiger partial charge in [0.1, 0.15) is 5.75 Å². The third-order valence-corrected chi connectivity index (χ3v) is 4.92. The summed E-state index contributed by atoms with van der Waals surface area (Å²) in [7, 11) is 1.66. The van der Waals surface area contributed by atoms with Crippen molar-refractivity contribution >= 4 is 30.1 Å². The molecule has 0 fully saturated rings. The number of hydrogen-bond acceptors (Lipinski definition) is 4. The summed E-state index contributed by atoms with van der Waals surface area (Å²) in [6.07, 6.45) is 1.38. The zero-order valence-corrected chi connectivity index (χ0v) is 16.7. The maximum Gasteiger partial charge on any atom is 0.223 e. The highest BCUT2D eigenvalue weighted by Gasteiger charge is 2.12. The van der Waals surface area contributed by atoms with Gasteiger partial charge in [-0.05, 0) is 36.2 Å². The second kappa shape index (κ2) is 12.6. The lowest BCUT2D eigenvalue weighted by Gasteiger charge is -2.22. The summed E-state index contributed by atoms with van der Waals surface area (Å²) in [5, 5.41) is 0. The molecule has 4 nitrogen and oxygen atoms in total. The summed E-state index contributed by atoms with van der Waals surface area (Å²) < 4.78 is 5.15. The van der Waals surface area contributed by atoms with Gasteiger partial charge in [-0.15, -0.1) is 24.2 Å². The van der Waals surface area contributed by atoms with E-state index in [1.807, 2.05) is 47.4 Å². The van der Waals surface area contributed by atoms with Crippen LogP contribution in [0.1, 0.15) is 12.0 Å². The van der Waals surface area contributed by atoms with Gasteiger partial charge in [0, 0.05) is 36.7 Å². The van der Waals surface area contributed by atoms with E-state index >= 15 is 0 Å². The molecular weight excluding hydrogens is 368 g/mol. The van der Waals surface area contributed by atoms with Crippen LogP contribution in [0.4, 0.5) is 0 Å². The van der Waals surface area contributed by atoms with E-state index in [0.717, 1.165) is 22.8 Å². The Morgan fingerprint density at radius 2 is 1.77 bits per heavy atom. The number of benzene rings is 2. The number of ether oxygens (including phenoxy) is 1. The second-order valence-corrected chi connectivity index (χ2v) is 6.85. The fourth-order valence-electron chi connectivity index (χ4n) is 2.51. The van der Waals surface area contributed by atoms with Crippen LogP contribution in [-0.4, -0.2) is 43.3 Å². The first-order chi connectivity index (χ1) is 12.2. The molecule has 1 amide bonds. The van der Waals surface area contributed by atoms with Crippen LogP contribution in [0.15, 0.2) is 59.5 Å². The summed E-state index contributed by atoms with van der Waals surface area (Å²) >= 11 is 1.68. The summed E-state index contributed by atoms with van der Waals surface area (Å²) in [6, 6.07) is 18.1. The summed E-state index contributed by atoms with van der Waals surface area (Å²) in [5.74, 6) is 1.77.